The Kier molecular flexibility index (Phi) is 6.11. The van der Waals surface area contributed by atoms with Gasteiger partial charge in [0.25, 0.3) is 0 Å². The van der Waals surface area contributed by atoms with Gasteiger partial charge in [-0.05, 0) is 39.2 Å². The number of nitrogens with zero attached hydrogens (tertiary/aromatic N) is 2. The van der Waals surface area contributed by atoms with Crippen molar-refractivity contribution in [2.45, 2.75) is 51.7 Å². The van der Waals surface area contributed by atoms with Crippen molar-refractivity contribution in [3.05, 3.63) is 18.5 Å². The monoisotopic (exact) mass is 225 g/mol. The number of hydrogen-bond donors (Lipinski definition) is 2. The maximum absolute atomic E-state index is 8.74. The van der Waals surface area contributed by atoms with E-state index in [9.17, 15) is 0 Å². The minimum absolute atomic E-state index is 0.285. The number of aromatic nitrogens is 2. The van der Waals surface area contributed by atoms with E-state index in [0.29, 0.717) is 12.1 Å². The van der Waals surface area contributed by atoms with Crippen molar-refractivity contribution in [3.63, 3.8) is 0 Å². The number of nitrogens with one attached hydrogen (secondary N) is 1. The zero-order chi connectivity index (χ0) is 11.8. The van der Waals surface area contributed by atoms with Crippen molar-refractivity contribution in [1.82, 2.24) is 15.1 Å². The summed E-state index contributed by atoms with van der Waals surface area (Å²) in [5.74, 6) is 0. The zero-order valence-corrected chi connectivity index (χ0v) is 10.3. The lowest BCUT2D eigenvalue weighted by Crippen LogP contribution is -2.35. The van der Waals surface area contributed by atoms with E-state index in [0.717, 1.165) is 25.8 Å². The van der Waals surface area contributed by atoms with Crippen LogP contribution in [-0.4, -0.2) is 33.6 Å². The van der Waals surface area contributed by atoms with Gasteiger partial charge in [-0.15, -0.1) is 0 Å². The van der Waals surface area contributed by atoms with Gasteiger partial charge < -0.3 is 10.4 Å². The number of aliphatic hydroxyl groups is 1. The summed E-state index contributed by atoms with van der Waals surface area (Å²) in [6.45, 7) is 5.60. The highest BCUT2D eigenvalue weighted by Gasteiger charge is 2.06. The Morgan fingerprint density at radius 1 is 1.31 bits per heavy atom. The Bertz CT molecular complexity index is 261. The Morgan fingerprint density at radius 3 is 2.69 bits per heavy atom. The van der Waals surface area contributed by atoms with Gasteiger partial charge in [0.05, 0.1) is 0 Å². The van der Waals surface area contributed by atoms with Gasteiger partial charge in [0, 0.05) is 37.6 Å². The molecule has 0 fully saturated rings. The van der Waals surface area contributed by atoms with Crippen LogP contribution in [0.5, 0.6) is 0 Å². The summed E-state index contributed by atoms with van der Waals surface area (Å²) in [6.07, 6.45) is 6.78. The molecule has 0 aromatic carbocycles. The zero-order valence-electron chi connectivity index (χ0n) is 10.3. The third kappa shape index (κ3) is 5.28. The maximum Gasteiger partial charge on any atom is 0.0489 e. The van der Waals surface area contributed by atoms with Crippen molar-refractivity contribution in [2.75, 3.05) is 6.61 Å². The smallest absolute Gasteiger partial charge is 0.0489 e. The molecular formula is C12H23N3O. The molecule has 4 nitrogen and oxygen atoms in total. The second-order valence-corrected chi connectivity index (χ2v) is 4.39. The Balaban J connectivity index is 2.12. The molecule has 1 heterocycles. The molecule has 0 aliphatic rings. The SMILES string of the molecule is CC(CCCO)NC(C)CCn1cccn1. The van der Waals surface area contributed by atoms with Crippen LogP contribution in [0.25, 0.3) is 0 Å². The number of aryl methyl sites for hydroxylation is 1. The average molecular weight is 225 g/mol. The van der Waals surface area contributed by atoms with E-state index >= 15 is 0 Å². The van der Waals surface area contributed by atoms with Crippen molar-refractivity contribution in [2.24, 2.45) is 0 Å². The summed E-state index contributed by atoms with van der Waals surface area (Å²) in [5, 5.41) is 16.4. The van der Waals surface area contributed by atoms with Crippen LogP contribution in [0.15, 0.2) is 18.5 Å². The predicted octanol–water partition coefficient (Wildman–Crippen LogP) is 1.41. The normalized spacial score (nSPS) is 14.9. The van der Waals surface area contributed by atoms with E-state index in [1.54, 1.807) is 0 Å². The minimum Gasteiger partial charge on any atom is -0.396 e. The van der Waals surface area contributed by atoms with Gasteiger partial charge in [0.1, 0.15) is 0 Å². The number of rotatable bonds is 8. The Labute approximate surface area is 97.7 Å². The van der Waals surface area contributed by atoms with Crippen LogP contribution in [0.1, 0.15) is 33.1 Å². The second kappa shape index (κ2) is 7.41. The molecule has 2 atom stereocenters. The van der Waals surface area contributed by atoms with Gasteiger partial charge in [-0.3, -0.25) is 4.68 Å². The molecule has 0 saturated heterocycles. The average Bonchev–Trinajstić information content (AvgIpc) is 2.76. The van der Waals surface area contributed by atoms with Crippen LogP contribution in [0.2, 0.25) is 0 Å². The molecule has 0 spiro atoms. The van der Waals surface area contributed by atoms with Crippen LogP contribution in [-0.2, 0) is 6.54 Å². The van der Waals surface area contributed by atoms with Crippen LogP contribution in [0.3, 0.4) is 0 Å². The van der Waals surface area contributed by atoms with Gasteiger partial charge in [-0.1, -0.05) is 0 Å². The lowest BCUT2D eigenvalue weighted by molar-refractivity contribution is 0.273. The highest BCUT2D eigenvalue weighted by atomic mass is 16.2. The van der Waals surface area contributed by atoms with Gasteiger partial charge in [0.2, 0.25) is 0 Å². The van der Waals surface area contributed by atoms with E-state index in [1.165, 1.54) is 0 Å². The molecule has 92 valence electrons. The molecule has 1 aromatic heterocycles. The fourth-order valence-electron chi connectivity index (χ4n) is 1.81. The van der Waals surface area contributed by atoms with E-state index < -0.39 is 0 Å². The first-order valence-corrected chi connectivity index (χ1v) is 6.06. The van der Waals surface area contributed by atoms with Crippen LogP contribution >= 0.6 is 0 Å². The van der Waals surface area contributed by atoms with Crippen molar-refractivity contribution < 1.29 is 5.11 Å². The molecule has 2 unspecified atom stereocenters. The third-order valence-electron chi connectivity index (χ3n) is 2.71. The van der Waals surface area contributed by atoms with Gasteiger partial charge in [0.15, 0.2) is 0 Å². The highest BCUT2D eigenvalue weighted by Crippen LogP contribution is 2.01. The molecular weight excluding hydrogens is 202 g/mol. The number of aliphatic hydroxyl groups excluding tert-OH is 1. The van der Waals surface area contributed by atoms with Gasteiger partial charge in [-0.25, -0.2) is 0 Å². The molecule has 16 heavy (non-hydrogen) atoms. The fourth-order valence-corrected chi connectivity index (χ4v) is 1.81. The van der Waals surface area contributed by atoms with E-state index in [2.05, 4.69) is 24.3 Å². The molecule has 0 aliphatic carbocycles. The molecule has 4 heteroatoms. The Hall–Kier alpha value is -0.870. The molecule has 0 amide bonds. The maximum atomic E-state index is 8.74. The third-order valence-corrected chi connectivity index (χ3v) is 2.71. The highest BCUT2D eigenvalue weighted by molar-refractivity contribution is 4.78. The number of hydrogen-bond acceptors (Lipinski definition) is 3. The quantitative estimate of drug-likeness (QED) is 0.703. The van der Waals surface area contributed by atoms with Gasteiger partial charge in [-0.2, -0.15) is 5.10 Å². The molecule has 1 rings (SSSR count). The Morgan fingerprint density at radius 2 is 2.06 bits per heavy atom. The van der Waals surface area contributed by atoms with Crippen LogP contribution in [0, 0.1) is 0 Å². The summed E-state index contributed by atoms with van der Waals surface area (Å²) in [5.41, 5.74) is 0. The van der Waals surface area contributed by atoms with E-state index in [-0.39, 0.29) is 6.61 Å². The second-order valence-electron chi connectivity index (χ2n) is 4.39. The molecule has 0 aliphatic heterocycles. The first-order chi connectivity index (χ1) is 7.72. The lowest BCUT2D eigenvalue weighted by atomic mass is 10.1. The molecule has 0 bridgehead atoms. The van der Waals surface area contributed by atoms with E-state index in [4.69, 9.17) is 5.11 Å². The summed E-state index contributed by atoms with van der Waals surface area (Å²) < 4.78 is 1.95. The predicted molar refractivity (Wildman–Crippen MR) is 65.2 cm³/mol. The van der Waals surface area contributed by atoms with Crippen molar-refractivity contribution in [3.8, 4) is 0 Å². The molecule has 1 aromatic rings. The molecule has 0 radical (unpaired) electrons. The summed E-state index contributed by atoms with van der Waals surface area (Å²) in [6, 6.07) is 2.90. The summed E-state index contributed by atoms with van der Waals surface area (Å²) in [7, 11) is 0. The van der Waals surface area contributed by atoms with Crippen LogP contribution in [0.4, 0.5) is 0 Å². The van der Waals surface area contributed by atoms with E-state index in [1.807, 2.05) is 23.1 Å². The van der Waals surface area contributed by atoms with Crippen LogP contribution < -0.4 is 5.32 Å². The molecule has 2 N–H and O–H groups in total. The summed E-state index contributed by atoms with van der Waals surface area (Å²) >= 11 is 0. The minimum atomic E-state index is 0.285. The lowest BCUT2D eigenvalue weighted by Gasteiger charge is -2.19. The van der Waals surface area contributed by atoms with Gasteiger partial charge >= 0.3 is 0 Å². The first-order valence-electron chi connectivity index (χ1n) is 6.06. The molecule has 0 saturated carbocycles. The standard InChI is InChI=1S/C12H23N3O/c1-11(5-3-10-16)14-12(2)6-9-15-8-4-7-13-15/h4,7-8,11-12,14,16H,3,5-6,9-10H2,1-2H3. The van der Waals surface area contributed by atoms with Crippen molar-refractivity contribution in [1.29, 1.82) is 0 Å². The topological polar surface area (TPSA) is 50.1 Å². The first kappa shape index (κ1) is 13.2. The largest absolute Gasteiger partial charge is 0.396 e. The summed E-state index contributed by atoms with van der Waals surface area (Å²) in [4.78, 5) is 0. The van der Waals surface area contributed by atoms with Crippen molar-refractivity contribution >= 4 is 0 Å². The fraction of sp³-hybridized carbons (Fsp3) is 0.750.